The Morgan fingerprint density at radius 1 is 1.14 bits per heavy atom. The molecular weight excluding hydrogens is 172 g/mol. The minimum atomic E-state index is 0.322. The first kappa shape index (κ1) is 13.9. The third-order valence-corrected chi connectivity index (χ3v) is 2.54. The van der Waals surface area contributed by atoms with Gasteiger partial charge in [-0.3, -0.25) is 0 Å². The molecule has 0 rings (SSSR count). The van der Waals surface area contributed by atoms with Crippen molar-refractivity contribution in [2.45, 2.75) is 52.0 Å². The van der Waals surface area contributed by atoms with Crippen LogP contribution in [0.5, 0.6) is 0 Å². The molecular formula is C12H28N2. The second-order valence-electron chi connectivity index (χ2n) is 5.07. The summed E-state index contributed by atoms with van der Waals surface area (Å²) in [6.07, 6.45) is 5.14. The first-order chi connectivity index (χ1) is 6.48. The summed E-state index contributed by atoms with van der Waals surface area (Å²) in [6, 6.07) is 0. The molecule has 0 unspecified atom stereocenters. The van der Waals surface area contributed by atoms with E-state index in [0.29, 0.717) is 5.54 Å². The highest BCUT2D eigenvalue weighted by molar-refractivity contribution is 4.76. The fourth-order valence-corrected chi connectivity index (χ4v) is 1.53. The van der Waals surface area contributed by atoms with E-state index in [1.165, 1.54) is 32.2 Å². The molecule has 0 bridgehead atoms. The van der Waals surface area contributed by atoms with E-state index in [1.807, 2.05) is 0 Å². The summed E-state index contributed by atoms with van der Waals surface area (Å²) in [5.41, 5.74) is 0.322. The minimum Gasteiger partial charge on any atom is -0.312 e. The smallest absolute Gasteiger partial charge is 0.0125 e. The van der Waals surface area contributed by atoms with E-state index in [-0.39, 0.29) is 0 Å². The zero-order valence-corrected chi connectivity index (χ0v) is 10.7. The zero-order valence-electron chi connectivity index (χ0n) is 10.7. The van der Waals surface area contributed by atoms with Crippen LogP contribution in [0.25, 0.3) is 0 Å². The molecule has 0 spiro atoms. The summed E-state index contributed by atoms with van der Waals surface area (Å²) < 4.78 is 0. The summed E-state index contributed by atoms with van der Waals surface area (Å²) in [7, 11) is 4.25. The van der Waals surface area contributed by atoms with Crippen molar-refractivity contribution in [2.24, 2.45) is 0 Å². The van der Waals surface area contributed by atoms with E-state index in [2.05, 4.69) is 45.1 Å². The maximum absolute atomic E-state index is 3.62. The standard InChI is InChI=1S/C12H28N2/c1-6-7-9-12(2,3)13-10-8-11-14(4)5/h13H,6-11H2,1-5H3. The average molecular weight is 200 g/mol. The number of nitrogens with zero attached hydrogens (tertiary/aromatic N) is 1. The van der Waals surface area contributed by atoms with Crippen LogP contribution in [0.1, 0.15) is 46.5 Å². The molecule has 0 atom stereocenters. The molecule has 0 aliphatic carbocycles. The number of nitrogens with one attached hydrogen (secondary N) is 1. The van der Waals surface area contributed by atoms with Crippen molar-refractivity contribution in [1.82, 2.24) is 10.2 Å². The number of unbranched alkanes of at least 4 members (excludes halogenated alkanes) is 1. The van der Waals surface area contributed by atoms with Gasteiger partial charge in [0.15, 0.2) is 0 Å². The molecule has 0 fully saturated rings. The van der Waals surface area contributed by atoms with Crippen molar-refractivity contribution in [2.75, 3.05) is 27.2 Å². The van der Waals surface area contributed by atoms with E-state index >= 15 is 0 Å². The highest BCUT2D eigenvalue weighted by atomic mass is 15.1. The molecule has 14 heavy (non-hydrogen) atoms. The van der Waals surface area contributed by atoms with Gasteiger partial charge in [0.1, 0.15) is 0 Å². The Labute approximate surface area is 90.1 Å². The van der Waals surface area contributed by atoms with Gasteiger partial charge in [-0.25, -0.2) is 0 Å². The first-order valence-corrected chi connectivity index (χ1v) is 5.87. The van der Waals surface area contributed by atoms with Gasteiger partial charge in [-0.15, -0.1) is 0 Å². The molecule has 0 aliphatic heterocycles. The maximum Gasteiger partial charge on any atom is 0.0125 e. The topological polar surface area (TPSA) is 15.3 Å². The van der Waals surface area contributed by atoms with Crippen molar-refractivity contribution in [3.63, 3.8) is 0 Å². The van der Waals surface area contributed by atoms with Gasteiger partial charge < -0.3 is 10.2 Å². The molecule has 1 N–H and O–H groups in total. The average Bonchev–Trinajstić information content (AvgIpc) is 2.09. The molecule has 2 nitrogen and oxygen atoms in total. The summed E-state index contributed by atoms with van der Waals surface area (Å²) >= 11 is 0. The number of rotatable bonds is 8. The first-order valence-electron chi connectivity index (χ1n) is 5.87. The van der Waals surface area contributed by atoms with Gasteiger partial charge >= 0.3 is 0 Å². The molecule has 2 heteroatoms. The van der Waals surface area contributed by atoms with E-state index in [0.717, 1.165) is 6.54 Å². The second-order valence-corrected chi connectivity index (χ2v) is 5.07. The van der Waals surface area contributed by atoms with Gasteiger partial charge in [0.05, 0.1) is 0 Å². The normalized spacial score (nSPS) is 12.4. The summed E-state index contributed by atoms with van der Waals surface area (Å²) in [4.78, 5) is 2.24. The molecule has 86 valence electrons. The zero-order chi connectivity index (χ0) is 11.0. The van der Waals surface area contributed by atoms with E-state index < -0.39 is 0 Å². The Morgan fingerprint density at radius 2 is 1.79 bits per heavy atom. The third kappa shape index (κ3) is 8.52. The molecule has 0 saturated carbocycles. The summed E-state index contributed by atoms with van der Waals surface area (Å²) in [6.45, 7) is 9.17. The molecule has 0 radical (unpaired) electrons. The lowest BCUT2D eigenvalue weighted by Crippen LogP contribution is -2.40. The highest BCUT2D eigenvalue weighted by Gasteiger charge is 2.14. The lowest BCUT2D eigenvalue weighted by atomic mass is 9.97. The van der Waals surface area contributed by atoms with Gasteiger partial charge in [0.2, 0.25) is 0 Å². The van der Waals surface area contributed by atoms with Crippen molar-refractivity contribution in [1.29, 1.82) is 0 Å². The Hall–Kier alpha value is -0.0800. The third-order valence-electron chi connectivity index (χ3n) is 2.54. The van der Waals surface area contributed by atoms with Crippen LogP contribution < -0.4 is 5.32 Å². The van der Waals surface area contributed by atoms with Crippen molar-refractivity contribution < 1.29 is 0 Å². The van der Waals surface area contributed by atoms with Crippen LogP contribution in [0.2, 0.25) is 0 Å². The Bertz CT molecular complexity index is 130. The SMILES string of the molecule is CCCCC(C)(C)NCCCN(C)C. The lowest BCUT2D eigenvalue weighted by molar-refractivity contribution is 0.330. The number of hydrogen-bond donors (Lipinski definition) is 1. The van der Waals surface area contributed by atoms with Crippen LogP contribution in [0, 0.1) is 0 Å². The largest absolute Gasteiger partial charge is 0.312 e. The minimum absolute atomic E-state index is 0.322. The van der Waals surface area contributed by atoms with E-state index in [1.54, 1.807) is 0 Å². The van der Waals surface area contributed by atoms with Crippen LogP contribution in [0.15, 0.2) is 0 Å². The van der Waals surface area contributed by atoms with Crippen molar-refractivity contribution >= 4 is 0 Å². The molecule has 0 heterocycles. The molecule has 0 saturated heterocycles. The molecule has 0 aromatic carbocycles. The fourth-order valence-electron chi connectivity index (χ4n) is 1.53. The van der Waals surface area contributed by atoms with Crippen molar-refractivity contribution in [3.05, 3.63) is 0 Å². The van der Waals surface area contributed by atoms with Crippen LogP contribution in [0.4, 0.5) is 0 Å². The molecule has 0 aromatic heterocycles. The Kier molecular flexibility index (Phi) is 7.20. The van der Waals surface area contributed by atoms with Crippen molar-refractivity contribution in [3.8, 4) is 0 Å². The monoisotopic (exact) mass is 200 g/mol. The maximum atomic E-state index is 3.62. The Morgan fingerprint density at radius 3 is 2.29 bits per heavy atom. The summed E-state index contributed by atoms with van der Waals surface area (Å²) in [5.74, 6) is 0. The van der Waals surface area contributed by atoms with Gasteiger partial charge in [0, 0.05) is 5.54 Å². The predicted octanol–water partition coefficient (Wildman–Crippen LogP) is 2.50. The van der Waals surface area contributed by atoms with E-state index in [9.17, 15) is 0 Å². The molecule has 0 aromatic rings. The Balaban J connectivity index is 3.44. The van der Waals surface area contributed by atoms with E-state index in [4.69, 9.17) is 0 Å². The lowest BCUT2D eigenvalue weighted by Gasteiger charge is -2.26. The quantitative estimate of drug-likeness (QED) is 0.606. The molecule has 0 aliphatic rings. The van der Waals surface area contributed by atoms with Gasteiger partial charge in [0.25, 0.3) is 0 Å². The molecule has 0 amide bonds. The van der Waals surface area contributed by atoms with Crippen LogP contribution in [0.3, 0.4) is 0 Å². The predicted molar refractivity (Wildman–Crippen MR) is 64.8 cm³/mol. The van der Waals surface area contributed by atoms with Crippen LogP contribution >= 0.6 is 0 Å². The second kappa shape index (κ2) is 7.24. The van der Waals surface area contributed by atoms with Gasteiger partial charge in [-0.2, -0.15) is 0 Å². The van der Waals surface area contributed by atoms with Gasteiger partial charge in [-0.05, 0) is 53.9 Å². The number of hydrogen-bond acceptors (Lipinski definition) is 2. The fraction of sp³-hybridized carbons (Fsp3) is 1.00. The highest BCUT2D eigenvalue weighted by Crippen LogP contribution is 2.12. The van der Waals surface area contributed by atoms with Crippen LogP contribution in [-0.2, 0) is 0 Å². The van der Waals surface area contributed by atoms with Gasteiger partial charge in [-0.1, -0.05) is 19.8 Å². The van der Waals surface area contributed by atoms with Crippen LogP contribution in [-0.4, -0.2) is 37.6 Å². The summed E-state index contributed by atoms with van der Waals surface area (Å²) in [5, 5.41) is 3.62.